The Morgan fingerprint density at radius 2 is 1.66 bits per heavy atom. The van der Waals surface area contributed by atoms with Gasteiger partial charge in [-0.3, -0.25) is 4.79 Å². The minimum absolute atomic E-state index is 0.0559. The van der Waals surface area contributed by atoms with E-state index in [2.05, 4.69) is 4.98 Å². The normalized spacial score (nSPS) is 11.9. The third-order valence-corrected chi connectivity index (χ3v) is 7.28. The second kappa shape index (κ2) is 11.6. The molecule has 7 nitrogen and oxygen atoms in total. The molecule has 0 fully saturated rings. The number of sulfone groups is 1. The number of amides is 1. The molecule has 8 heteroatoms. The number of hydrogen-bond donors (Lipinski definition) is 0. The Morgan fingerprint density at radius 3 is 2.26 bits per heavy atom. The first-order valence-corrected chi connectivity index (χ1v) is 13.5. The predicted octanol–water partition coefficient (Wildman–Crippen LogP) is 4.03. The largest absolute Gasteiger partial charge is 0.331 e. The summed E-state index contributed by atoms with van der Waals surface area (Å²) in [5.74, 6) is 0.00386. The molecule has 0 unspecified atom stereocenters. The second-order valence-corrected chi connectivity index (χ2v) is 11.6. The molecule has 1 amide bonds. The average molecular weight is 497 g/mol. The molecule has 1 heterocycles. The molecule has 0 radical (unpaired) electrons. The number of likely N-dealkylation sites (N-methyl/N-ethyl adjacent to an activating group) is 1. The highest BCUT2D eigenvalue weighted by Gasteiger charge is 2.26. The maximum Gasteiger partial charge on any atom is 0.254 e. The van der Waals surface area contributed by atoms with Gasteiger partial charge in [0.15, 0.2) is 0 Å². The monoisotopic (exact) mass is 496 g/mol. The van der Waals surface area contributed by atoms with Gasteiger partial charge in [0.05, 0.1) is 24.2 Å². The van der Waals surface area contributed by atoms with Crippen LogP contribution in [0.1, 0.15) is 41.0 Å². The Kier molecular flexibility index (Phi) is 8.86. The number of benzene rings is 2. The first-order valence-electron chi connectivity index (χ1n) is 11.9. The minimum atomic E-state index is -3.67. The van der Waals surface area contributed by atoms with Crippen molar-refractivity contribution in [3.63, 3.8) is 0 Å². The van der Waals surface area contributed by atoms with Crippen LogP contribution in [-0.2, 0) is 28.7 Å². The summed E-state index contributed by atoms with van der Waals surface area (Å²) in [6, 6.07) is 16.6. The minimum Gasteiger partial charge on any atom is -0.331 e. The van der Waals surface area contributed by atoms with Crippen molar-refractivity contribution in [1.82, 2.24) is 19.4 Å². The van der Waals surface area contributed by atoms with Crippen molar-refractivity contribution in [3.8, 4) is 0 Å². The first kappa shape index (κ1) is 26.6. The number of nitrogens with zero attached hydrogens (tertiary/aromatic N) is 4. The van der Waals surface area contributed by atoms with E-state index in [1.807, 2.05) is 82.2 Å². The first-order chi connectivity index (χ1) is 16.6. The van der Waals surface area contributed by atoms with Crippen LogP contribution in [0.4, 0.5) is 0 Å². The van der Waals surface area contributed by atoms with Gasteiger partial charge in [0.2, 0.25) is 15.0 Å². The van der Waals surface area contributed by atoms with Gasteiger partial charge in [0.25, 0.3) is 5.91 Å². The summed E-state index contributed by atoms with van der Waals surface area (Å²) in [7, 11) is 0.261. The van der Waals surface area contributed by atoms with Crippen LogP contribution in [0.25, 0.3) is 0 Å². The smallest absolute Gasteiger partial charge is 0.254 e. The summed E-state index contributed by atoms with van der Waals surface area (Å²) in [6.45, 7) is 8.05. The zero-order valence-electron chi connectivity index (χ0n) is 21.3. The van der Waals surface area contributed by atoms with Crippen molar-refractivity contribution in [2.24, 2.45) is 5.92 Å². The average Bonchev–Trinajstić information content (AvgIpc) is 3.19. The van der Waals surface area contributed by atoms with Gasteiger partial charge in [0, 0.05) is 25.2 Å². The van der Waals surface area contributed by atoms with E-state index in [0.29, 0.717) is 30.9 Å². The summed E-state index contributed by atoms with van der Waals surface area (Å²) >= 11 is 0. The van der Waals surface area contributed by atoms with Crippen molar-refractivity contribution >= 4 is 15.7 Å². The molecule has 0 bridgehead atoms. The molecule has 0 aliphatic rings. The molecule has 0 atom stereocenters. The molecule has 0 aliphatic heterocycles. The van der Waals surface area contributed by atoms with Gasteiger partial charge >= 0.3 is 0 Å². The van der Waals surface area contributed by atoms with Crippen LogP contribution in [0, 0.1) is 12.8 Å². The van der Waals surface area contributed by atoms with Crippen molar-refractivity contribution in [2.75, 3.05) is 27.2 Å². The molecule has 0 N–H and O–H groups in total. The SMILES string of the molecule is Cc1ccc(C(=O)N(CCN(C)C)Cc2cnc(S(=O)(=O)Cc3ccccc3)n2CC(C)C)cc1. The molecule has 0 saturated carbocycles. The van der Waals surface area contributed by atoms with Gasteiger partial charge in [-0.25, -0.2) is 13.4 Å². The topological polar surface area (TPSA) is 75.5 Å². The third kappa shape index (κ3) is 7.26. The number of carbonyl (C=O) groups excluding carboxylic acids is 1. The summed E-state index contributed by atoms with van der Waals surface area (Å²) < 4.78 is 28.4. The molecule has 1 aromatic heterocycles. The van der Waals surface area contributed by atoms with Crippen molar-refractivity contribution in [2.45, 2.75) is 44.8 Å². The van der Waals surface area contributed by atoms with Gasteiger partial charge in [-0.05, 0) is 44.6 Å². The van der Waals surface area contributed by atoms with Crippen molar-refractivity contribution in [3.05, 3.63) is 83.2 Å². The standard InChI is InChI=1S/C27H36N4O3S/c1-21(2)18-31-25(17-28-27(31)35(33,34)20-23-9-7-6-8-10-23)19-30(16-15-29(4)5)26(32)24-13-11-22(3)12-14-24/h6-14,17,21H,15-16,18-20H2,1-5H3. The van der Waals surface area contributed by atoms with Gasteiger partial charge in [0.1, 0.15) is 0 Å². The van der Waals surface area contributed by atoms with E-state index >= 15 is 0 Å². The predicted molar refractivity (Wildman–Crippen MR) is 139 cm³/mol. The van der Waals surface area contributed by atoms with E-state index in [0.717, 1.165) is 11.1 Å². The van der Waals surface area contributed by atoms with E-state index in [-0.39, 0.29) is 29.3 Å². The van der Waals surface area contributed by atoms with E-state index in [9.17, 15) is 13.2 Å². The highest BCUT2D eigenvalue weighted by Crippen LogP contribution is 2.21. The molecular formula is C27H36N4O3S. The molecular weight excluding hydrogens is 460 g/mol. The number of imidazole rings is 1. The number of rotatable bonds is 11. The lowest BCUT2D eigenvalue weighted by atomic mass is 10.1. The van der Waals surface area contributed by atoms with Crippen LogP contribution in [0.2, 0.25) is 0 Å². The van der Waals surface area contributed by atoms with Crippen LogP contribution < -0.4 is 0 Å². The summed E-state index contributed by atoms with van der Waals surface area (Å²) in [5.41, 5.74) is 3.13. The van der Waals surface area contributed by atoms with Gasteiger partial charge in [-0.15, -0.1) is 0 Å². The lowest BCUT2D eigenvalue weighted by molar-refractivity contribution is 0.0727. The quantitative estimate of drug-likeness (QED) is 0.401. The summed E-state index contributed by atoms with van der Waals surface area (Å²) in [4.78, 5) is 21.6. The molecule has 0 aliphatic carbocycles. The van der Waals surface area contributed by atoms with Crippen LogP contribution in [0.3, 0.4) is 0 Å². The third-order valence-electron chi connectivity index (χ3n) is 5.68. The molecule has 0 spiro atoms. The van der Waals surface area contributed by atoms with Crippen LogP contribution in [-0.4, -0.2) is 60.9 Å². The number of aromatic nitrogens is 2. The number of carbonyl (C=O) groups is 1. The Morgan fingerprint density at radius 1 is 1.00 bits per heavy atom. The van der Waals surface area contributed by atoms with E-state index < -0.39 is 9.84 Å². The maximum atomic E-state index is 13.4. The Hall–Kier alpha value is -2.97. The molecule has 3 rings (SSSR count). The second-order valence-electron chi connectivity index (χ2n) is 9.68. The summed E-state index contributed by atoms with van der Waals surface area (Å²) in [5, 5.41) is 0.0559. The van der Waals surface area contributed by atoms with E-state index in [1.165, 1.54) is 0 Å². The molecule has 3 aromatic rings. The van der Waals surface area contributed by atoms with Crippen LogP contribution in [0.5, 0.6) is 0 Å². The number of hydrogen-bond acceptors (Lipinski definition) is 5. The fraction of sp³-hybridized carbons (Fsp3) is 0.407. The van der Waals surface area contributed by atoms with Gasteiger partial charge in [-0.1, -0.05) is 61.9 Å². The van der Waals surface area contributed by atoms with Gasteiger partial charge < -0.3 is 14.4 Å². The van der Waals surface area contributed by atoms with Crippen LogP contribution in [0.15, 0.2) is 66.0 Å². The Bertz CT molecular complexity index is 1220. The zero-order chi connectivity index (χ0) is 25.6. The van der Waals surface area contributed by atoms with Crippen molar-refractivity contribution < 1.29 is 13.2 Å². The molecule has 2 aromatic carbocycles. The maximum absolute atomic E-state index is 13.4. The van der Waals surface area contributed by atoms with Gasteiger partial charge in [-0.2, -0.15) is 0 Å². The summed E-state index contributed by atoms with van der Waals surface area (Å²) in [6.07, 6.45) is 1.60. The molecule has 188 valence electrons. The number of aryl methyl sites for hydroxylation is 1. The lowest BCUT2D eigenvalue weighted by Crippen LogP contribution is -2.37. The van der Waals surface area contributed by atoms with Crippen molar-refractivity contribution in [1.29, 1.82) is 0 Å². The Balaban J connectivity index is 1.95. The van der Waals surface area contributed by atoms with Crippen LogP contribution >= 0.6 is 0 Å². The van der Waals surface area contributed by atoms with E-state index in [1.54, 1.807) is 27.8 Å². The lowest BCUT2D eigenvalue weighted by Gasteiger charge is -2.25. The Labute approximate surface area is 209 Å². The fourth-order valence-corrected chi connectivity index (χ4v) is 5.33. The fourth-order valence-electron chi connectivity index (χ4n) is 3.83. The van der Waals surface area contributed by atoms with E-state index in [4.69, 9.17) is 0 Å². The highest BCUT2D eigenvalue weighted by molar-refractivity contribution is 7.90. The highest BCUT2D eigenvalue weighted by atomic mass is 32.2. The zero-order valence-corrected chi connectivity index (χ0v) is 22.1. The molecule has 0 saturated heterocycles. The molecule has 35 heavy (non-hydrogen) atoms.